The summed E-state index contributed by atoms with van der Waals surface area (Å²) in [5.41, 5.74) is 1.09. The summed E-state index contributed by atoms with van der Waals surface area (Å²) < 4.78 is 5.44. The number of unbranched alkanes of at least 4 members (excludes halogenated alkanes) is 1. The summed E-state index contributed by atoms with van der Waals surface area (Å²) in [6, 6.07) is 5.08. The second-order valence-electron chi connectivity index (χ2n) is 4.47. The predicted molar refractivity (Wildman–Crippen MR) is 72.4 cm³/mol. The van der Waals surface area contributed by atoms with Crippen LogP contribution in [-0.4, -0.2) is 25.0 Å². The Kier molecular flexibility index (Phi) is 4.39. The van der Waals surface area contributed by atoms with Crippen LogP contribution in [-0.2, 0) is 4.79 Å². The fourth-order valence-corrected chi connectivity index (χ4v) is 1.84. The number of carbonyl (C=O) groups excluding carboxylic acids is 2. The van der Waals surface area contributed by atoms with Crippen molar-refractivity contribution in [1.29, 1.82) is 0 Å². The number of benzene rings is 1. The van der Waals surface area contributed by atoms with Gasteiger partial charge in [0.15, 0.2) is 0 Å². The van der Waals surface area contributed by atoms with Gasteiger partial charge in [0.1, 0.15) is 5.75 Å². The highest BCUT2D eigenvalue weighted by Gasteiger charge is 2.15. The van der Waals surface area contributed by atoms with Gasteiger partial charge < -0.3 is 15.4 Å². The zero-order chi connectivity index (χ0) is 13.7. The third-order valence-corrected chi connectivity index (χ3v) is 2.92. The molecule has 1 heterocycles. The van der Waals surface area contributed by atoms with E-state index < -0.39 is 0 Å². The molecule has 1 aliphatic rings. The molecule has 1 aromatic rings. The molecule has 1 aliphatic heterocycles. The Bertz CT molecular complexity index is 486. The van der Waals surface area contributed by atoms with Gasteiger partial charge in [-0.3, -0.25) is 9.59 Å². The zero-order valence-corrected chi connectivity index (χ0v) is 11.0. The van der Waals surface area contributed by atoms with Gasteiger partial charge >= 0.3 is 0 Å². The first-order valence-electron chi connectivity index (χ1n) is 6.55. The third-order valence-electron chi connectivity index (χ3n) is 2.92. The molecule has 5 nitrogen and oxygen atoms in total. The maximum Gasteiger partial charge on any atom is 0.251 e. The molecule has 0 saturated heterocycles. The molecule has 5 heteroatoms. The molecule has 0 aromatic heterocycles. The van der Waals surface area contributed by atoms with Gasteiger partial charge in [0.25, 0.3) is 5.91 Å². The normalized spacial score (nSPS) is 13.8. The van der Waals surface area contributed by atoms with E-state index in [2.05, 4.69) is 17.6 Å². The van der Waals surface area contributed by atoms with Crippen molar-refractivity contribution in [2.24, 2.45) is 0 Å². The quantitative estimate of drug-likeness (QED) is 0.815. The molecule has 0 unspecified atom stereocenters. The van der Waals surface area contributed by atoms with Crippen molar-refractivity contribution >= 4 is 17.5 Å². The average Bonchev–Trinajstić information content (AvgIpc) is 2.58. The number of nitrogens with one attached hydrogen (secondary N) is 2. The monoisotopic (exact) mass is 262 g/mol. The number of amides is 2. The number of fused-ring (bicyclic) bond motifs is 1. The first-order valence-corrected chi connectivity index (χ1v) is 6.55. The summed E-state index contributed by atoms with van der Waals surface area (Å²) >= 11 is 0. The summed E-state index contributed by atoms with van der Waals surface area (Å²) in [6.07, 6.45) is 2.32. The van der Waals surface area contributed by atoms with Crippen LogP contribution in [0.3, 0.4) is 0 Å². The maximum absolute atomic E-state index is 11.9. The molecule has 0 bridgehead atoms. The molecular formula is C14H18N2O3. The first-order chi connectivity index (χ1) is 9.20. The van der Waals surface area contributed by atoms with Crippen LogP contribution in [0.25, 0.3) is 0 Å². The molecule has 0 atom stereocenters. The Balaban J connectivity index is 2.11. The van der Waals surface area contributed by atoms with Crippen molar-refractivity contribution in [2.75, 3.05) is 18.5 Å². The van der Waals surface area contributed by atoms with E-state index in [0.717, 1.165) is 12.8 Å². The van der Waals surface area contributed by atoms with Crippen LogP contribution in [0, 0.1) is 0 Å². The van der Waals surface area contributed by atoms with E-state index in [1.807, 2.05) is 0 Å². The summed E-state index contributed by atoms with van der Waals surface area (Å²) in [5, 5.41) is 5.58. The molecule has 0 spiro atoms. The van der Waals surface area contributed by atoms with Gasteiger partial charge in [0.05, 0.1) is 18.7 Å². The fraction of sp³-hybridized carbons (Fsp3) is 0.429. The standard InChI is InChI=1S/C14H18N2O3/c1-2-3-7-15-14(18)10-4-5-12-11(9-10)16-13(17)6-8-19-12/h4-5,9H,2-3,6-8H2,1H3,(H,15,18)(H,16,17). The lowest BCUT2D eigenvalue weighted by Crippen LogP contribution is -2.24. The minimum absolute atomic E-state index is 0.0951. The van der Waals surface area contributed by atoms with Crippen LogP contribution in [0.4, 0.5) is 5.69 Å². The van der Waals surface area contributed by atoms with E-state index in [4.69, 9.17) is 4.74 Å². The van der Waals surface area contributed by atoms with Crippen LogP contribution in [0.15, 0.2) is 18.2 Å². The molecule has 2 amide bonds. The predicted octanol–water partition coefficient (Wildman–Crippen LogP) is 1.94. The summed E-state index contributed by atoms with van der Waals surface area (Å²) in [7, 11) is 0. The van der Waals surface area contributed by atoms with Crippen molar-refractivity contribution < 1.29 is 14.3 Å². The van der Waals surface area contributed by atoms with Crippen LogP contribution in [0.5, 0.6) is 5.75 Å². The fourth-order valence-electron chi connectivity index (χ4n) is 1.84. The summed E-state index contributed by atoms with van der Waals surface area (Å²) in [5.74, 6) is 0.382. The van der Waals surface area contributed by atoms with Crippen LogP contribution < -0.4 is 15.4 Å². The van der Waals surface area contributed by atoms with E-state index in [1.54, 1.807) is 18.2 Å². The summed E-state index contributed by atoms with van der Waals surface area (Å²) in [6.45, 7) is 3.09. The molecule has 0 saturated carbocycles. The lowest BCUT2D eigenvalue weighted by Gasteiger charge is -2.09. The van der Waals surface area contributed by atoms with Crippen molar-refractivity contribution in [3.05, 3.63) is 23.8 Å². The number of rotatable bonds is 4. The van der Waals surface area contributed by atoms with E-state index in [1.165, 1.54) is 0 Å². The van der Waals surface area contributed by atoms with Crippen LogP contribution in [0.1, 0.15) is 36.5 Å². The van der Waals surface area contributed by atoms with Gasteiger partial charge in [-0.25, -0.2) is 0 Å². The lowest BCUT2D eigenvalue weighted by atomic mass is 10.1. The minimum Gasteiger partial charge on any atom is -0.491 e. The minimum atomic E-state index is -0.130. The smallest absolute Gasteiger partial charge is 0.251 e. The topological polar surface area (TPSA) is 67.4 Å². The first kappa shape index (κ1) is 13.4. The third kappa shape index (κ3) is 3.47. The van der Waals surface area contributed by atoms with Crippen molar-refractivity contribution in [2.45, 2.75) is 26.2 Å². The molecule has 0 aliphatic carbocycles. The Hall–Kier alpha value is -2.04. The van der Waals surface area contributed by atoms with Crippen molar-refractivity contribution in [1.82, 2.24) is 5.32 Å². The molecule has 19 heavy (non-hydrogen) atoms. The molecule has 2 rings (SSSR count). The maximum atomic E-state index is 11.9. The van der Waals surface area contributed by atoms with Crippen LogP contribution >= 0.6 is 0 Å². The van der Waals surface area contributed by atoms with Gasteiger partial charge in [-0.15, -0.1) is 0 Å². The molecular weight excluding hydrogens is 244 g/mol. The largest absolute Gasteiger partial charge is 0.491 e. The van der Waals surface area contributed by atoms with Gasteiger partial charge in [0.2, 0.25) is 5.91 Å². The van der Waals surface area contributed by atoms with Gasteiger partial charge in [-0.1, -0.05) is 13.3 Å². The zero-order valence-electron chi connectivity index (χ0n) is 11.0. The summed E-state index contributed by atoms with van der Waals surface area (Å²) in [4.78, 5) is 23.4. The number of anilines is 1. The van der Waals surface area contributed by atoms with Crippen molar-refractivity contribution in [3.63, 3.8) is 0 Å². The number of hydrogen-bond acceptors (Lipinski definition) is 3. The number of hydrogen-bond donors (Lipinski definition) is 2. The molecule has 102 valence electrons. The number of carbonyl (C=O) groups is 2. The van der Waals surface area contributed by atoms with E-state index in [-0.39, 0.29) is 11.8 Å². The average molecular weight is 262 g/mol. The lowest BCUT2D eigenvalue weighted by molar-refractivity contribution is -0.116. The van der Waals surface area contributed by atoms with E-state index in [9.17, 15) is 9.59 Å². The highest BCUT2D eigenvalue weighted by Crippen LogP contribution is 2.28. The van der Waals surface area contributed by atoms with Gasteiger partial charge in [-0.2, -0.15) is 0 Å². The van der Waals surface area contributed by atoms with Crippen LogP contribution in [0.2, 0.25) is 0 Å². The highest BCUT2D eigenvalue weighted by atomic mass is 16.5. The highest BCUT2D eigenvalue weighted by molar-refractivity contribution is 5.98. The second kappa shape index (κ2) is 6.22. The molecule has 1 aromatic carbocycles. The molecule has 0 radical (unpaired) electrons. The van der Waals surface area contributed by atoms with E-state index >= 15 is 0 Å². The van der Waals surface area contributed by atoms with Gasteiger partial charge in [0, 0.05) is 12.1 Å². The molecule has 0 fully saturated rings. The Morgan fingerprint density at radius 3 is 3.11 bits per heavy atom. The Morgan fingerprint density at radius 1 is 1.47 bits per heavy atom. The van der Waals surface area contributed by atoms with E-state index in [0.29, 0.717) is 36.6 Å². The SMILES string of the molecule is CCCCNC(=O)c1ccc2c(c1)NC(=O)CCO2. The number of ether oxygens (including phenoxy) is 1. The van der Waals surface area contributed by atoms with Gasteiger partial charge in [-0.05, 0) is 24.6 Å². The Morgan fingerprint density at radius 2 is 2.32 bits per heavy atom. The molecule has 2 N–H and O–H groups in total. The van der Waals surface area contributed by atoms with Crippen molar-refractivity contribution in [3.8, 4) is 5.75 Å². The second-order valence-corrected chi connectivity index (χ2v) is 4.47. The Labute approximate surface area is 112 Å².